The molecular weight excluding hydrogens is 261 g/mol. The summed E-state index contributed by atoms with van der Waals surface area (Å²) >= 11 is 0. The first kappa shape index (κ1) is 15.3. The number of hydrogen-bond acceptors (Lipinski definition) is 3. The van der Waals surface area contributed by atoms with E-state index in [0.717, 1.165) is 18.3 Å². The summed E-state index contributed by atoms with van der Waals surface area (Å²) in [5.41, 5.74) is -0.862. The maximum absolute atomic E-state index is 12.5. The molecule has 19 heavy (non-hydrogen) atoms. The molecule has 0 spiro atoms. The van der Waals surface area contributed by atoms with E-state index in [4.69, 9.17) is 5.11 Å². The lowest BCUT2D eigenvalue weighted by molar-refractivity contribution is -0.138. The minimum atomic E-state index is -4.48. The number of alkyl halides is 3. The van der Waals surface area contributed by atoms with Gasteiger partial charge in [-0.05, 0) is 24.5 Å². The van der Waals surface area contributed by atoms with Crippen molar-refractivity contribution in [2.75, 3.05) is 5.32 Å². The van der Waals surface area contributed by atoms with Crippen LogP contribution in [0.4, 0.5) is 19.0 Å². The molecule has 0 aliphatic carbocycles. The molecule has 0 radical (unpaired) electrons. The van der Waals surface area contributed by atoms with Gasteiger partial charge in [0, 0.05) is 6.20 Å². The van der Waals surface area contributed by atoms with Gasteiger partial charge in [-0.1, -0.05) is 13.8 Å². The Labute approximate surface area is 108 Å². The number of carboxylic acid groups (broad SMARTS) is 1. The lowest BCUT2D eigenvalue weighted by Gasteiger charge is -2.17. The molecular formula is C12H15F3N2O2. The van der Waals surface area contributed by atoms with E-state index in [-0.39, 0.29) is 11.7 Å². The van der Waals surface area contributed by atoms with Gasteiger partial charge < -0.3 is 10.4 Å². The molecule has 0 amide bonds. The number of halogens is 3. The van der Waals surface area contributed by atoms with Crippen LogP contribution in [-0.4, -0.2) is 22.1 Å². The first-order chi connectivity index (χ1) is 8.70. The number of anilines is 1. The van der Waals surface area contributed by atoms with Gasteiger partial charge in [0.1, 0.15) is 11.9 Å². The quantitative estimate of drug-likeness (QED) is 0.867. The van der Waals surface area contributed by atoms with Crippen molar-refractivity contribution in [1.29, 1.82) is 0 Å². The molecule has 1 atom stereocenters. The maximum Gasteiger partial charge on any atom is 0.416 e. The Hall–Kier alpha value is -1.79. The molecule has 7 heteroatoms. The lowest BCUT2D eigenvalue weighted by Crippen LogP contribution is -2.31. The highest BCUT2D eigenvalue weighted by molar-refractivity contribution is 5.76. The van der Waals surface area contributed by atoms with E-state index in [9.17, 15) is 18.0 Å². The fraction of sp³-hybridized carbons (Fsp3) is 0.500. The Morgan fingerprint density at radius 3 is 2.58 bits per heavy atom. The Bertz CT molecular complexity index is 447. The lowest BCUT2D eigenvalue weighted by atomic mass is 10.0. The van der Waals surface area contributed by atoms with Gasteiger partial charge in [0.25, 0.3) is 0 Å². The highest BCUT2D eigenvalue weighted by atomic mass is 19.4. The van der Waals surface area contributed by atoms with Crippen molar-refractivity contribution in [2.24, 2.45) is 5.92 Å². The molecule has 1 aromatic heterocycles. The van der Waals surface area contributed by atoms with Crippen molar-refractivity contribution in [3.05, 3.63) is 23.9 Å². The first-order valence-electron chi connectivity index (χ1n) is 5.72. The second-order valence-corrected chi connectivity index (χ2v) is 4.59. The van der Waals surface area contributed by atoms with Crippen LogP contribution in [0.1, 0.15) is 25.8 Å². The summed E-state index contributed by atoms with van der Waals surface area (Å²) in [6.45, 7) is 3.66. The molecule has 1 rings (SSSR count). The van der Waals surface area contributed by atoms with Gasteiger partial charge in [0.2, 0.25) is 0 Å². The van der Waals surface area contributed by atoms with Crippen molar-refractivity contribution < 1.29 is 23.1 Å². The highest BCUT2D eigenvalue weighted by Gasteiger charge is 2.31. The van der Waals surface area contributed by atoms with E-state index < -0.39 is 23.8 Å². The largest absolute Gasteiger partial charge is 0.480 e. The molecule has 0 aliphatic rings. The molecule has 4 nitrogen and oxygen atoms in total. The second kappa shape index (κ2) is 5.90. The molecule has 0 bridgehead atoms. The molecule has 1 aromatic rings. The van der Waals surface area contributed by atoms with Crippen LogP contribution in [0.25, 0.3) is 0 Å². The smallest absolute Gasteiger partial charge is 0.416 e. The van der Waals surface area contributed by atoms with Crippen LogP contribution in [0.3, 0.4) is 0 Å². The van der Waals surface area contributed by atoms with Crippen LogP contribution in [0.5, 0.6) is 0 Å². The number of aliphatic carboxylic acids is 1. The first-order valence-corrected chi connectivity index (χ1v) is 5.72. The number of aromatic nitrogens is 1. The molecule has 2 N–H and O–H groups in total. The Morgan fingerprint density at radius 1 is 1.47 bits per heavy atom. The van der Waals surface area contributed by atoms with Gasteiger partial charge in [-0.3, -0.25) is 0 Å². The zero-order chi connectivity index (χ0) is 14.6. The van der Waals surface area contributed by atoms with Crippen LogP contribution in [0.15, 0.2) is 18.3 Å². The molecule has 1 unspecified atom stereocenters. The van der Waals surface area contributed by atoms with Crippen LogP contribution in [0, 0.1) is 5.92 Å². The van der Waals surface area contributed by atoms with Gasteiger partial charge >= 0.3 is 12.1 Å². The molecule has 0 fully saturated rings. The molecule has 0 aliphatic heterocycles. The summed E-state index contributed by atoms with van der Waals surface area (Å²) in [6, 6.07) is 0.677. The van der Waals surface area contributed by atoms with E-state index in [1.54, 1.807) is 0 Å². The summed E-state index contributed by atoms with van der Waals surface area (Å²) < 4.78 is 37.5. The van der Waals surface area contributed by atoms with Gasteiger partial charge in [-0.2, -0.15) is 13.2 Å². The zero-order valence-corrected chi connectivity index (χ0v) is 10.5. The van der Waals surface area contributed by atoms with Crippen molar-refractivity contribution >= 4 is 11.8 Å². The third kappa shape index (κ3) is 4.76. The standard InChI is InChI=1S/C12H15F3N2O2/c1-7(2)5-9(11(18)19)17-10-6-8(3-4-16-10)12(13,14)15/h3-4,6-7,9H,5H2,1-2H3,(H,16,17)(H,18,19). The van der Waals surface area contributed by atoms with Crippen LogP contribution < -0.4 is 5.32 Å². The number of hydrogen-bond donors (Lipinski definition) is 2. The summed E-state index contributed by atoms with van der Waals surface area (Å²) in [4.78, 5) is 14.7. The van der Waals surface area contributed by atoms with Crippen molar-refractivity contribution in [2.45, 2.75) is 32.5 Å². The summed E-state index contributed by atoms with van der Waals surface area (Å²) in [6.07, 6.45) is -3.18. The fourth-order valence-corrected chi connectivity index (χ4v) is 1.56. The van der Waals surface area contributed by atoms with Gasteiger partial charge in [-0.15, -0.1) is 0 Å². The van der Waals surface area contributed by atoms with Crippen LogP contribution in [-0.2, 0) is 11.0 Å². The number of nitrogens with zero attached hydrogens (tertiary/aromatic N) is 1. The zero-order valence-electron chi connectivity index (χ0n) is 10.5. The van der Waals surface area contributed by atoms with E-state index in [1.807, 2.05) is 13.8 Å². The van der Waals surface area contributed by atoms with Gasteiger partial charge in [0.05, 0.1) is 5.56 Å². The van der Waals surface area contributed by atoms with Crippen LogP contribution >= 0.6 is 0 Å². The molecule has 106 valence electrons. The molecule has 0 aromatic carbocycles. The third-order valence-electron chi connectivity index (χ3n) is 2.41. The van der Waals surface area contributed by atoms with Crippen molar-refractivity contribution in [3.8, 4) is 0 Å². The summed E-state index contributed by atoms with van der Waals surface area (Å²) in [5, 5.41) is 11.5. The topological polar surface area (TPSA) is 62.2 Å². The van der Waals surface area contributed by atoms with E-state index >= 15 is 0 Å². The number of rotatable bonds is 5. The van der Waals surface area contributed by atoms with Crippen molar-refractivity contribution in [3.63, 3.8) is 0 Å². The third-order valence-corrected chi connectivity index (χ3v) is 2.41. The maximum atomic E-state index is 12.5. The SMILES string of the molecule is CC(C)CC(Nc1cc(C(F)(F)F)ccn1)C(=O)O. The highest BCUT2D eigenvalue weighted by Crippen LogP contribution is 2.30. The van der Waals surface area contributed by atoms with E-state index in [2.05, 4.69) is 10.3 Å². The number of carbonyl (C=O) groups is 1. The minimum absolute atomic E-state index is 0.0946. The molecule has 1 heterocycles. The van der Waals surface area contributed by atoms with E-state index in [1.165, 1.54) is 0 Å². The number of pyridine rings is 1. The van der Waals surface area contributed by atoms with Crippen molar-refractivity contribution in [1.82, 2.24) is 4.98 Å². The Morgan fingerprint density at radius 2 is 2.11 bits per heavy atom. The average molecular weight is 276 g/mol. The summed E-state index contributed by atoms with van der Waals surface area (Å²) in [5.74, 6) is -1.12. The number of nitrogens with one attached hydrogen (secondary N) is 1. The molecule has 0 saturated heterocycles. The fourth-order valence-electron chi connectivity index (χ4n) is 1.56. The Balaban J connectivity index is 2.88. The predicted molar refractivity (Wildman–Crippen MR) is 63.7 cm³/mol. The van der Waals surface area contributed by atoms with E-state index in [0.29, 0.717) is 6.42 Å². The normalized spacial score (nSPS) is 13.4. The summed E-state index contributed by atoms with van der Waals surface area (Å²) in [7, 11) is 0. The van der Waals surface area contributed by atoms with Gasteiger partial charge in [0.15, 0.2) is 0 Å². The minimum Gasteiger partial charge on any atom is -0.480 e. The van der Waals surface area contributed by atoms with Gasteiger partial charge in [-0.25, -0.2) is 9.78 Å². The monoisotopic (exact) mass is 276 g/mol. The Kier molecular flexibility index (Phi) is 4.74. The molecule has 0 saturated carbocycles. The number of carboxylic acids is 1. The average Bonchev–Trinajstić information content (AvgIpc) is 2.26. The second-order valence-electron chi connectivity index (χ2n) is 4.59. The van der Waals surface area contributed by atoms with Crippen LogP contribution in [0.2, 0.25) is 0 Å². The predicted octanol–water partition coefficient (Wildman–Crippen LogP) is 3.01.